The molecule has 0 saturated heterocycles. The van der Waals surface area contributed by atoms with Crippen molar-refractivity contribution in [1.29, 1.82) is 0 Å². The molecule has 0 bridgehead atoms. The lowest BCUT2D eigenvalue weighted by Gasteiger charge is -2.04. The summed E-state index contributed by atoms with van der Waals surface area (Å²) in [5.41, 5.74) is 5.09. The monoisotopic (exact) mass is 308 g/mol. The molecule has 2 aromatic rings. The summed E-state index contributed by atoms with van der Waals surface area (Å²) in [5.74, 6) is 0.492. The van der Waals surface area contributed by atoms with Gasteiger partial charge in [-0.2, -0.15) is 5.10 Å². The van der Waals surface area contributed by atoms with E-state index in [0.717, 1.165) is 16.9 Å². The highest BCUT2D eigenvalue weighted by Crippen LogP contribution is 2.12. The smallest absolute Gasteiger partial charge is 0.271 e. The normalized spacial score (nSPS) is 11.5. The van der Waals surface area contributed by atoms with Crippen molar-refractivity contribution in [3.8, 4) is 5.75 Å². The fourth-order valence-electron chi connectivity index (χ4n) is 1.98. The second-order valence-corrected chi connectivity index (χ2v) is 4.96. The average molecular weight is 308 g/mol. The first-order chi connectivity index (χ1) is 11.2. The molecule has 0 saturated carbocycles. The molecule has 1 amide bonds. The Hall–Kier alpha value is -2.88. The third-order valence-electron chi connectivity index (χ3n) is 3.06. The quantitative estimate of drug-likeness (QED) is 0.650. The summed E-state index contributed by atoms with van der Waals surface area (Å²) in [6.07, 6.45) is 3.62. The zero-order valence-electron chi connectivity index (χ0n) is 13.3. The van der Waals surface area contributed by atoms with Gasteiger partial charge in [0.2, 0.25) is 0 Å². The summed E-state index contributed by atoms with van der Waals surface area (Å²) >= 11 is 0. The lowest BCUT2D eigenvalue weighted by Crippen LogP contribution is -2.17. The Morgan fingerprint density at radius 1 is 1.13 bits per heavy atom. The fraction of sp³-hybridized carbons (Fsp3) is 0.158. The van der Waals surface area contributed by atoms with Gasteiger partial charge in [-0.1, -0.05) is 36.4 Å². The molecule has 0 aliphatic carbocycles. The Bertz CT molecular complexity index is 689. The van der Waals surface area contributed by atoms with Gasteiger partial charge in [-0.25, -0.2) is 5.43 Å². The van der Waals surface area contributed by atoms with Crippen molar-refractivity contribution in [2.24, 2.45) is 5.10 Å². The molecule has 118 valence electrons. The number of rotatable bonds is 6. The van der Waals surface area contributed by atoms with Gasteiger partial charge in [0.25, 0.3) is 5.91 Å². The topological polar surface area (TPSA) is 50.7 Å². The second-order valence-electron chi connectivity index (χ2n) is 4.96. The van der Waals surface area contributed by atoms with Gasteiger partial charge in [-0.15, -0.1) is 0 Å². The number of amides is 1. The summed E-state index contributed by atoms with van der Waals surface area (Å²) in [7, 11) is 0. The zero-order chi connectivity index (χ0) is 16.5. The van der Waals surface area contributed by atoms with E-state index in [1.807, 2.05) is 50.3 Å². The van der Waals surface area contributed by atoms with Crippen molar-refractivity contribution in [1.82, 2.24) is 5.43 Å². The van der Waals surface area contributed by atoms with Crippen molar-refractivity contribution in [3.63, 3.8) is 0 Å². The first-order valence-corrected chi connectivity index (χ1v) is 7.48. The lowest BCUT2D eigenvalue weighted by atomic mass is 10.1. The first-order valence-electron chi connectivity index (χ1n) is 7.48. The van der Waals surface area contributed by atoms with Crippen molar-refractivity contribution >= 4 is 18.2 Å². The molecule has 0 aromatic heterocycles. The number of allylic oxidation sites excluding steroid dienone is 1. The van der Waals surface area contributed by atoms with Gasteiger partial charge in [-0.3, -0.25) is 4.79 Å². The number of hydrazone groups is 1. The maximum Gasteiger partial charge on any atom is 0.271 e. The van der Waals surface area contributed by atoms with Crippen molar-refractivity contribution < 1.29 is 9.53 Å². The Labute approximate surface area is 136 Å². The molecule has 0 spiro atoms. The Kier molecular flexibility index (Phi) is 6.12. The molecule has 0 atom stereocenters. The third kappa shape index (κ3) is 5.43. The SMILES string of the molecule is CCOc1ccc(C(=O)N/N=C\C(C)=C\c2ccccc2)cc1. The lowest BCUT2D eigenvalue weighted by molar-refractivity contribution is 0.0955. The van der Waals surface area contributed by atoms with E-state index in [-0.39, 0.29) is 5.91 Å². The highest BCUT2D eigenvalue weighted by atomic mass is 16.5. The second kappa shape index (κ2) is 8.54. The van der Waals surface area contributed by atoms with Gasteiger partial charge in [0, 0.05) is 5.56 Å². The maximum atomic E-state index is 12.0. The Morgan fingerprint density at radius 2 is 1.83 bits per heavy atom. The molecular weight excluding hydrogens is 288 g/mol. The number of hydrogen-bond acceptors (Lipinski definition) is 3. The van der Waals surface area contributed by atoms with Crippen molar-refractivity contribution in [2.75, 3.05) is 6.61 Å². The summed E-state index contributed by atoms with van der Waals surface area (Å²) in [4.78, 5) is 12.0. The number of hydrogen-bond donors (Lipinski definition) is 1. The van der Waals surface area contributed by atoms with E-state index in [9.17, 15) is 4.79 Å². The molecule has 2 rings (SSSR count). The number of nitrogens with zero attached hydrogens (tertiary/aromatic N) is 1. The van der Waals surface area contributed by atoms with E-state index in [1.54, 1.807) is 30.5 Å². The van der Waals surface area contributed by atoms with Gasteiger partial charge in [-0.05, 0) is 49.2 Å². The van der Waals surface area contributed by atoms with E-state index < -0.39 is 0 Å². The minimum atomic E-state index is -0.253. The van der Waals surface area contributed by atoms with Crippen LogP contribution in [0.1, 0.15) is 29.8 Å². The molecule has 1 N–H and O–H groups in total. The summed E-state index contributed by atoms with van der Waals surface area (Å²) in [6.45, 7) is 4.45. The Balaban J connectivity index is 1.91. The molecule has 0 radical (unpaired) electrons. The fourth-order valence-corrected chi connectivity index (χ4v) is 1.98. The molecule has 0 aliphatic heterocycles. The van der Waals surface area contributed by atoms with Gasteiger partial charge in [0.1, 0.15) is 5.75 Å². The first kappa shape index (κ1) is 16.5. The van der Waals surface area contributed by atoms with Crippen molar-refractivity contribution in [2.45, 2.75) is 13.8 Å². The van der Waals surface area contributed by atoms with Crippen LogP contribution in [0.5, 0.6) is 5.75 Å². The number of carbonyl (C=O) groups excluding carboxylic acids is 1. The van der Waals surface area contributed by atoms with Gasteiger partial charge < -0.3 is 4.74 Å². The number of ether oxygens (including phenoxy) is 1. The van der Waals surface area contributed by atoms with Crippen LogP contribution in [0.15, 0.2) is 65.3 Å². The van der Waals surface area contributed by atoms with Crippen LogP contribution < -0.4 is 10.2 Å². The minimum absolute atomic E-state index is 0.253. The van der Waals surface area contributed by atoms with Crippen LogP contribution in [0, 0.1) is 0 Å². The molecular formula is C19H20N2O2. The predicted octanol–water partition coefficient (Wildman–Crippen LogP) is 3.90. The van der Waals surface area contributed by atoms with Crippen LogP contribution in [0.25, 0.3) is 6.08 Å². The van der Waals surface area contributed by atoms with Crippen LogP contribution in [0.3, 0.4) is 0 Å². The molecule has 0 heterocycles. The summed E-state index contributed by atoms with van der Waals surface area (Å²) in [5, 5.41) is 3.98. The molecule has 4 heteroatoms. The maximum absolute atomic E-state index is 12.0. The van der Waals surface area contributed by atoms with Crippen molar-refractivity contribution in [3.05, 3.63) is 71.3 Å². The Morgan fingerprint density at radius 3 is 2.48 bits per heavy atom. The van der Waals surface area contributed by atoms with Crippen LogP contribution in [0.2, 0.25) is 0 Å². The van der Waals surface area contributed by atoms with E-state index in [0.29, 0.717) is 12.2 Å². The molecule has 23 heavy (non-hydrogen) atoms. The third-order valence-corrected chi connectivity index (χ3v) is 3.06. The predicted molar refractivity (Wildman–Crippen MR) is 93.7 cm³/mol. The zero-order valence-corrected chi connectivity index (χ0v) is 13.3. The van der Waals surface area contributed by atoms with Gasteiger partial charge in [0.15, 0.2) is 0 Å². The summed E-state index contributed by atoms with van der Waals surface area (Å²) in [6, 6.07) is 16.9. The number of benzene rings is 2. The van der Waals surface area contributed by atoms with E-state index in [1.165, 1.54) is 0 Å². The van der Waals surface area contributed by atoms with Crippen LogP contribution >= 0.6 is 0 Å². The van der Waals surface area contributed by atoms with E-state index in [2.05, 4.69) is 10.5 Å². The standard InChI is InChI=1S/C19H20N2O2/c1-3-23-18-11-9-17(10-12-18)19(22)21-20-14-15(2)13-16-7-5-4-6-8-16/h4-14H,3H2,1-2H3,(H,21,22)/b15-13+,20-14-. The minimum Gasteiger partial charge on any atom is -0.494 e. The molecule has 4 nitrogen and oxygen atoms in total. The largest absolute Gasteiger partial charge is 0.494 e. The highest BCUT2D eigenvalue weighted by molar-refractivity contribution is 5.95. The van der Waals surface area contributed by atoms with Crippen LogP contribution in [-0.2, 0) is 0 Å². The summed E-state index contributed by atoms with van der Waals surface area (Å²) < 4.78 is 5.34. The van der Waals surface area contributed by atoms with E-state index in [4.69, 9.17) is 4.74 Å². The molecule has 2 aromatic carbocycles. The van der Waals surface area contributed by atoms with Crippen LogP contribution in [-0.4, -0.2) is 18.7 Å². The number of nitrogens with one attached hydrogen (secondary N) is 1. The van der Waals surface area contributed by atoms with E-state index >= 15 is 0 Å². The number of carbonyl (C=O) groups is 1. The van der Waals surface area contributed by atoms with Gasteiger partial charge >= 0.3 is 0 Å². The molecule has 0 fully saturated rings. The molecule has 0 unspecified atom stereocenters. The molecule has 0 aliphatic rings. The highest BCUT2D eigenvalue weighted by Gasteiger charge is 2.03. The van der Waals surface area contributed by atoms with Gasteiger partial charge in [0.05, 0.1) is 12.8 Å². The van der Waals surface area contributed by atoms with Crippen LogP contribution in [0.4, 0.5) is 0 Å². The average Bonchev–Trinajstić information content (AvgIpc) is 2.56.